The van der Waals surface area contributed by atoms with Crippen LogP contribution < -0.4 is 20.7 Å². The third kappa shape index (κ3) is 6.48. The molecular weight excluding hydrogens is 412 g/mol. The molecule has 0 bridgehead atoms. The molecule has 1 heterocycles. The Morgan fingerprint density at radius 3 is 2.34 bits per heavy atom. The van der Waals surface area contributed by atoms with Gasteiger partial charge in [0.25, 0.3) is 0 Å². The third-order valence-electron chi connectivity index (χ3n) is 3.77. The van der Waals surface area contributed by atoms with Crippen LogP contribution in [-0.2, 0) is 17.8 Å². The van der Waals surface area contributed by atoms with Gasteiger partial charge < -0.3 is 20.7 Å². The Hall–Kier alpha value is -3.10. The number of ether oxygens (including phenoxy) is 1. The molecule has 0 aliphatic carbocycles. The summed E-state index contributed by atoms with van der Waals surface area (Å²) < 4.78 is 5.66. The number of carbonyl (C=O) groups excluding carboxylic acids is 2. The molecule has 0 saturated carbocycles. The Bertz CT molecular complexity index is 974. The summed E-state index contributed by atoms with van der Waals surface area (Å²) in [6, 6.07) is 13.6. The molecule has 0 radical (unpaired) electrons. The second kappa shape index (κ2) is 9.90. The van der Waals surface area contributed by atoms with E-state index >= 15 is 0 Å². The molecule has 3 aromatic rings. The van der Waals surface area contributed by atoms with Gasteiger partial charge in [-0.1, -0.05) is 11.6 Å². The molecule has 0 aliphatic heterocycles. The monoisotopic (exact) mass is 430 g/mol. The van der Waals surface area contributed by atoms with Gasteiger partial charge in [0, 0.05) is 28.8 Å². The molecule has 9 heteroatoms. The van der Waals surface area contributed by atoms with E-state index in [4.69, 9.17) is 16.3 Å². The minimum absolute atomic E-state index is 0.162. The predicted molar refractivity (Wildman–Crippen MR) is 115 cm³/mol. The number of anilines is 2. The number of amides is 3. The van der Waals surface area contributed by atoms with E-state index < -0.39 is 0 Å². The summed E-state index contributed by atoms with van der Waals surface area (Å²) in [5, 5.41) is 11.2. The fourth-order valence-corrected chi connectivity index (χ4v) is 3.20. The van der Waals surface area contributed by atoms with Crippen molar-refractivity contribution >= 4 is 46.3 Å². The van der Waals surface area contributed by atoms with E-state index in [2.05, 4.69) is 20.9 Å². The summed E-state index contributed by atoms with van der Waals surface area (Å²) in [6.07, 6.45) is 0.162. The normalized spacial score (nSPS) is 10.3. The molecule has 0 spiro atoms. The molecule has 2 aromatic carbocycles. The number of nitrogens with zero attached hydrogens (tertiary/aromatic N) is 1. The van der Waals surface area contributed by atoms with Gasteiger partial charge in [-0.3, -0.25) is 4.79 Å². The number of nitrogens with one attached hydrogen (secondary N) is 3. The van der Waals surface area contributed by atoms with Crippen LogP contribution in [0.1, 0.15) is 10.7 Å². The lowest BCUT2D eigenvalue weighted by Gasteiger charge is -2.07. The van der Waals surface area contributed by atoms with Crippen molar-refractivity contribution in [3.8, 4) is 5.75 Å². The van der Waals surface area contributed by atoms with Gasteiger partial charge in [0.15, 0.2) is 0 Å². The largest absolute Gasteiger partial charge is 0.486 e. The fraction of sp³-hybridized carbons (Fsp3) is 0.150. The van der Waals surface area contributed by atoms with Gasteiger partial charge in [-0.15, -0.1) is 11.3 Å². The van der Waals surface area contributed by atoms with Crippen LogP contribution in [0.2, 0.25) is 5.02 Å². The summed E-state index contributed by atoms with van der Waals surface area (Å²) in [5.74, 6) is 0.533. The maximum Gasteiger partial charge on any atom is 0.318 e. The zero-order valence-electron chi connectivity index (χ0n) is 15.6. The standard InChI is InChI=1S/C20H19ClN4O3S/c1-22-20(27)25-15-6-4-14(5-7-15)23-18(26)10-16-12-29-19(24-16)11-28-17-8-2-13(21)3-9-17/h2-9,12H,10-11H2,1H3,(H,23,26)(H2,22,25,27). The van der Waals surface area contributed by atoms with Gasteiger partial charge in [-0.05, 0) is 48.5 Å². The second-order valence-electron chi connectivity index (χ2n) is 5.98. The molecule has 0 saturated heterocycles. The van der Waals surface area contributed by atoms with Crippen LogP contribution in [0.15, 0.2) is 53.9 Å². The van der Waals surface area contributed by atoms with Crippen LogP contribution in [0.4, 0.5) is 16.2 Å². The number of hydrogen-bond donors (Lipinski definition) is 3. The molecule has 3 amide bonds. The van der Waals surface area contributed by atoms with Crippen molar-refractivity contribution in [2.45, 2.75) is 13.0 Å². The minimum atomic E-state index is -0.304. The number of thiazole rings is 1. The molecule has 0 fully saturated rings. The van der Waals surface area contributed by atoms with E-state index in [1.165, 1.54) is 18.4 Å². The van der Waals surface area contributed by atoms with E-state index in [9.17, 15) is 9.59 Å². The Labute approximate surface area is 177 Å². The third-order valence-corrected chi connectivity index (χ3v) is 4.89. The van der Waals surface area contributed by atoms with E-state index in [1.807, 2.05) is 5.38 Å². The van der Waals surface area contributed by atoms with Crippen LogP contribution in [0, 0.1) is 0 Å². The Morgan fingerprint density at radius 1 is 1.03 bits per heavy atom. The zero-order valence-corrected chi connectivity index (χ0v) is 17.1. The molecule has 1 aromatic heterocycles. The smallest absolute Gasteiger partial charge is 0.318 e. The average Bonchev–Trinajstić information content (AvgIpc) is 3.16. The first-order chi connectivity index (χ1) is 14.0. The number of aromatic nitrogens is 1. The minimum Gasteiger partial charge on any atom is -0.486 e. The van der Waals surface area contributed by atoms with Crippen LogP contribution >= 0.6 is 22.9 Å². The summed E-state index contributed by atoms with van der Waals surface area (Å²) >= 11 is 7.29. The van der Waals surface area contributed by atoms with Crippen molar-refractivity contribution in [1.82, 2.24) is 10.3 Å². The van der Waals surface area contributed by atoms with E-state index in [0.717, 1.165) is 5.01 Å². The lowest BCUT2D eigenvalue weighted by Crippen LogP contribution is -2.24. The first-order valence-corrected chi connectivity index (χ1v) is 9.98. The topological polar surface area (TPSA) is 92.4 Å². The second-order valence-corrected chi connectivity index (χ2v) is 7.36. The number of halogens is 1. The highest BCUT2D eigenvalue weighted by Crippen LogP contribution is 2.19. The van der Waals surface area contributed by atoms with Crippen molar-refractivity contribution in [1.29, 1.82) is 0 Å². The molecule has 0 atom stereocenters. The van der Waals surface area contributed by atoms with Crippen molar-refractivity contribution < 1.29 is 14.3 Å². The summed E-state index contributed by atoms with van der Waals surface area (Å²) in [6.45, 7) is 0.327. The SMILES string of the molecule is CNC(=O)Nc1ccc(NC(=O)Cc2csc(COc3ccc(Cl)cc3)n2)cc1. The van der Waals surface area contributed by atoms with Crippen LogP contribution in [-0.4, -0.2) is 24.0 Å². The average molecular weight is 431 g/mol. The number of carbonyl (C=O) groups is 2. The number of rotatable bonds is 7. The number of urea groups is 1. The number of hydrogen-bond acceptors (Lipinski definition) is 5. The first kappa shape index (κ1) is 20.6. The van der Waals surface area contributed by atoms with Crippen molar-refractivity contribution in [3.63, 3.8) is 0 Å². The van der Waals surface area contributed by atoms with Gasteiger partial charge >= 0.3 is 6.03 Å². The Morgan fingerprint density at radius 2 is 1.69 bits per heavy atom. The lowest BCUT2D eigenvalue weighted by molar-refractivity contribution is -0.115. The van der Waals surface area contributed by atoms with Crippen molar-refractivity contribution in [2.75, 3.05) is 17.7 Å². The van der Waals surface area contributed by atoms with E-state index in [-0.39, 0.29) is 18.4 Å². The lowest BCUT2D eigenvalue weighted by atomic mass is 10.2. The Balaban J connectivity index is 1.48. The molecule has 0 unspecified atom stereocenters. The number of benzene rings is 2. The van der Waals surface area contributed by atoms with Crippen molar-refractivity contribution in [3.05, 3.63) is 69.6 Å². The van der Waals surface area contributed by atoms with Gasteiger partial charge in [0.05, 0.1) is 12.1 Å². The Kier molecular flexibility index (Phi) is 7.04. The van der Waals surface area contributed by atoms with Crippen LogP contribution in [0.5, 0.6) is 5.75 Å². The van der Waals surface area contributed by atoms with Gasteiger partial charge in [-0.2, -0.15) is 0 Å². The molecule has 29 heavy (non-hydrogen) atoms. The predicted octanol–water partition coefficient (Wildman–Crippen LogP) is 4.31. The maximum absolute atomic E-state index is 12.2. The summed E-state index contributed by atoms with van der Waals surface area (Å²) in [4.78, 5) is 28.0. The fourth-order valence-electron chi connectivity index (χ4n) is 2.37. The first-order valence-electron chi connectivity index (χ1n) is 8.72. The van der Waals surface area contributed by atoms with E-state index in [0.29, 0.717) is 34.4 Å². The molecule has 3 rings (SSSR count). The molecular formula is C20H19ClN4O3S. The summed E-state index contributed by atoms with van der Waals surface area (Å²) in [7, 11) is 1.54. The zero-order chi connectivity index (χ0) is 20.6. The van der Waals surface area contributed by atoms with Crippen LogP contribution in [0.3, 0.4) is 0 Å². The summed E-state index contributed by atoms with van der Waals surface area (Å²) in [5.41, 5.74) is 1.95. The molecule has 3 N–H and O–H groups in total. The van der Waals surface area contributed by atoms with Crippen LogP contribution in [0.25, 0.3) is 0 Å². The van der Waals surface area contributed by atoms with Gasteiger partial charge in [-0.25, -0.2) is 9.78 Å². The highest BCUT2D eigenvalue weighted by atomic mass is 35.5. The quantitative estimate of drug-likeness (QED) is 0.520. The molecule has 150 valence electrons. The molecule has 0 aliphatic rings. The molecule has 7 nitrogen and oxygen atoms in total. The van der Waals surface area contributed by atoms with Crippen molar-refractivity contribution in [2.24, 2.45) is 0 Å². The highest BCUT2D eigenvalue weighted by Gasteiger charge is 2.09. The highest BCUT2D eigenvalue weighted by molar-refractivity contribution is 7.09. The van der Waals surface area contributed by atoms with E-state index in [1.54, 1.807) is 48.5 Å². The maximum atomic E-state index is 12.2. The van der Waals surface area contributed by atoms with Gasteiger partial charge in [0.1, 0.15) is 17.4 Å². The van der Waals surface area contributed by atoms with Gasteiger partial charge in [0.2, 0.25) is 5.91 Å².